The average molecular weight is 368 g/mol. The van der Waals surface area contributed by atoms with Crippen LogP contribution in [-0.2, 0) is 6.42 Å². The molecule has 4 rings (SSSR count). The van der Waals surface area contributed by atoms with E-state index in [2.05, 4.69) is 29.9 Å². The van der Waals surface area contributed by atoms with Crippen LogP contribution in [0, 0.1) is 17.3 Å². The first-order chi connectivity index (χ1) is 12.7. The summed E-state index contributed by atoms with van der Waals surface area (Å²) in [5.74, 6) is 0.0301. The molecule has 3 nitrogen and oxygen atoms in total. The third-order valence-corrected chi connectivity index (χ3v) is 6.36. The first-order valence-electron chi connectivity index (χ1n) is 9.89. The van der Waals surface area contributed by atoms with Gasteiger partial charge in [0.25, 0.3) is 0 Å². The summed E-state index contributed by atoms with van der Waals surface area (Å²) in [7, 11) is 0. The Morgan fingerprint density at radius 3 is 2.78 bits per heavy atom. The first kappa shape index (κ1) is 18.4. The molecule has 144 valence electrons. The molecule has 27 heavy (non-hydrogen) atoms. The number of hydrogen-bond donors (Lipinski definition) is 2. The zero-order valence-electron chi connectivity index (χ0n) is 16.4. The third-order valence-electron chi connectivity index (χ3n) is 6.36. The van der Waals surface area contributed by atoms with Gasteiger partial charge in [-0.25, -0.2) is 4.39 Å². The monoisotopic (exact) mass is 368 g/mol. The number of hydrogen-bond acceptors (Lipinski definition) is 2. The van der Waals surface area contributed by atoms with E-state index in [1.54, 1.807) is 25.3 Å². The molecule has 3 unspecified atom stereocenters. The van der Waals surface area contributed by atoms with Crippen molar-refractivity contribution in [2.75, 3.05) is 0 Å². The summed E-state index contributed by atoms with van der Waals surface area (Å²) in [4.78, 5) is 7.55. The molecule has 0 spiro atoms. The molecule has 0 amide bonds. The van der Waals surface area contributed by atoms with Gasteiger partial charge in [0, 0.05) is 29.6 Å². The molecule has 2 aliphatic rings. The van der Waals surface area contributed by atoms with Gasteiger partial charge >= 0.3 is 0 Å². The van der Waals surface area contributed by atoms with Gasteiger partial charge in [-0.05, 0) is 55.7 Å². The van der Waals surface area contributed by atoms with E-state index in [-0.39, 0.29) is 17.3 Å². The smallest absolute Gasteiger partial charge is 0.133 e. The Morgan fingerprint density at radius 1 is 1.33 bits per heavy atom. The van der Waals surface area contributed by atoms with Crippen molar-refractivity contribution in [1.82, 2.24) is 9.97 Å². The minimum absolute atomic E-state index is 0.257. The Labute approximate surface area is 160 Å². The second kappa shape index (κ2) is 6.30. The van der Waals surface area contributed by atoms with Crippen molar-refractivity contribution in [3.8, 4) is 0 Å². The van der Waals surface area contributed by atoms with Gasteiger partial charge in [0.2, 0.25) is 0 Å². The summed E-state index contributed by atoms with van der Waals surface area (Å²) in [5, 5.41) is 12.8. The summed E-state index contributed by atoms with van der Waals surface area (Å²) in [5.41, 5.74) is -0.583. The molecular weight excluding hydrogens is 339 g/mol. The molecule has 4 heteroatoms. The number of aromatic amines is 1. The van der Waals surface area contributed by atoms with Gasteiger partial charge in [0.05, 0.1) is 17.3 Å². The van der Waals surface area contributed by atoms with Crippen LogP contribution in [-0.4, -0.2) is 26.3 Å². The minimum Gasteiger partial charge on any atom is -0.389 e. The Balaban J connectivity index is 1.60. The SMILES string of the molecule is CC1(F)C=CC=CC1C(C)(C)CC(O)(Cc1cc2ccncc2[nH]1)C1CC1. The second-order valence-electron chi connectivity index (χ2n) is 9.35. The molecule has 1 saturated carbocycles. The van der Waals surface area contributed by atoms with Gasteiger partial charge in [0.1, 0.15) is 5.67 Å². The van der Waals surface area contributed by atoms with Crippen molar-refractivity contribution in [3.05, 3.63) is 54.5 Å². The number of halogens is 1. The summed E-state index contributed by atoms with van der Waals surface area (Å²) in [6, 6.07) is 4.07. The standard InChI is InChI=1S/C23H29FN2O/c1-21(2,20-6-4-5-10-22(20,3)24)15-23(27,17-7-8-17)13-18-12-16-9-11-25-14-19(16)26-18/h4-6,9-12,14,17,20,26-27H,7-8,13,15H2,1-3H3. The minimum atomic E-state index is -1.39. The fourth-order valence-corrected chi connectivity index (χ4v) is 5.06. The van der Waals surface area contributed by atoms with E-state index in [4.69, 9.17) is 0 Å². The summed E-state index contributed by atoms with van der Waals surface area (Å²) in [6.45, 7) is 5.81. The molecule has 3 atom stereocenters. The highest BCUT2D eigenvalue weighted by atomic mass is 19.1. The molecule has 2 N–H and O–H groups in total. The van der Waals surface area contributed by atoms with Crippen molar-refractivity contribution in [3.63, 3.8) is 0 Å². The van der Waals surface area contributed by atoms with Gasteiger partial charge in [-0.15, -0.1) is 0 Å². The normalized spacial score (nSPS) is 27.8. The molecular formula is C23H29FN2O. The molecule has 2 heterocycles. The van der Waals surface area contributed by atoms with Crippen molar-refractivity contribution < 1.29 is 9.50 Å². The number of alkyl halides is 1. The number of fused-ring (bicyclic) bond motifs is 1. The number of aliphatic hydroxyl groups is 1. The van der Waals surface area contributed by atoms with Crippen molar-refractivity contribution in [2.45, 2.75) is 57.7 Å². The number of aromatic nitrogens is 2. The lowest BCUT2D eigenvalue weighted by atomic mass is 9.63. The molecule has 0 saturated heterocycles. The lowest BCUT2D eigenvalue weighted by Crippen LogP contribution is -2.46. The molecule has 2 aliphatic carbocycles. The molecule has 0 bridgehead atoms. The highest BCUT2D eigenvalue weighted by molar-refractivity contribution is 5.79. The maximum atomic E-state index is 15.2. The zero-order valence-corrected chi connectivity index (χ0v) is 16.4. The van der Waals surface area contributed by atoms with Crippen LogP contribution in [0.25, 0.3) is 10.9 Å². The quantitative estimate of drug-likeness (QED) is 0.742. The van der Waals surface area contributed by atoms with Gasteiger partial charge in [-0.2, -0.15) is 0 Å². The van der Waals surface area contributed by atoms with Gasteiger partial charge in [-0.3, -0.25) is 4.98 Å². The summed E-state index contributed by atoms with van der Waals surface area (Å²) < 4.78 is 15.2. The van der Waals surface area contributed by atoms with E-state index in [1.807, 2.05) is 24.4 Å². The lowest BCUT2D eigenvalue weighted by molar-refractivity contribution is -0.0467. The summed E-state index contributed by atoms with van der Waals surface area (Å²) in [6.07, 6.45) is 14.1. The fraction of sp³-hybridized carbons (Fsp3) is 0.522. The van der Waals surface area contributed by atoms with Crippen LogP contribution in [0.15, 0.2) is 48.8 Å². The van der Waals surface area contributed by atoms with E-state index in [0.717, 1.165) is 29.4 Å². The van der Waals surface area contributed by atoms with Crippen molar-refractivity contribution in [1.29, 1.82) is 0 Å². The van der Waals surface area contributed by atoms with Crippen LogP contribution >= 0.6 is 0 Å². The van der Waals surface area contributed by atoms with Gasteiger partial charge in [0.15, 0.2) is 0 Å². The van der Waals surface area contributed by atoms with E-state index in [0.29, 0.717) is 12.8 Å². The highest BCUT2D eigenvalue weighted by Gasteiger charge is 2.51. The number of nitrogens with zero attached hydrogens (tertiary/aromatic N) is 1. The van der Waals surface area contributed by atoms with E-state index in [1.165, 1.54) is 0 Å². The number of nitrogens with one attached hydrogen (secondary N) is 1. The number of H-pyrrole nitrogens is 1. The molecule has 2 aromatic rings. The predicted molar refractivity (Wildman–Crippen MR) is 107 cm³/mol. The molecule has 0 radical (unpaired) electrons. The molecule has 0 aliphatic heterocycles. The van der Waals surface area contributed by atoms with Crippen molar-refractivity contribution in [2.24, 2.45) is 17.3 Å². The zero-order chi connectivity index (χ0) is 19.3. The van der Waals surface area contributed by atoms with Gasteiger partial charge in [-0.1, -0.05) is 32.1 Å². The van der Waals surface area contributed by atoms with Crippen LogP contribution < -0.4 is 0 Å². The average Bonchev–Trinajstić information content (AvgIpc) is 3.35. The highest BCUT2D eigenvalue weighted by Crippen LogP contribution is 2.51. The topological polar surface area (TPSA) is 48.9 Å². The number of rotatable bonds is 6. The van der Waals surface area contributed by atoms with E-state index < -0.39 is 11.3 Å². The largest absolute Gasteiger partial charge is 0.389 e. The van der Waals surface area contributed by atoms with Crippen LogP contribution in [0.3, 0.4) is 0 Å². The van der Waals surface area contributed by atoms with Crippen LogP contribution in [0.2, 0.25) is 0 Å². The first-order valence-corrected chi connectivity index (χ1v) is 9.89. The second-order valence-corrected chi connectivity index (χ2v) is 9.35. The molecule has 1 fully saturated rings. The maximum Gasteiger partial charge on any atom is 0.133 e. The predicted octanol–water partition coefficient (Wildman–Crippen LogP) is 5.13. The fourth-order valence-electron chi connectivity index (χ4n) is 5.06. The van der Waals surface area contributed by atoms with Crippen LogP contribution in [0.1, 0.15) is 45.7 Å². The lowest BCUT2D eigenvalue weighted by Gasteiger charge is -2.44. The van der Waals surface area contributed by atoms with E-state index >= 15 is 4.39 Å². The number of allylic oxidation sites excluding steroid dienone is 4. The third kappa shape index (κ3) is 3.60. The number of pyridine rings is 1. The van der Waals surface area contributed by atoms with E-state index in [9.17, 15) is 5.11 Å². The Hall–Kier alpha value is -1.94. The summed E-state index contributed by atoms with van der Waals surface area (Å²) >= 11 is 0. The van der Waals surface area contributed by atoms with Crippen molar-refractivity contribution >= 4 is 10.9 Å². The molecule has 2 aromatic heterocycles. The Bertz CT molecular complexity index is 858. The Morgan fingerprint density at radius 2 is 2.11 bits per heavy atom. The van der Waals surface area contributed by atoms with Crippen LogP contribution in [0.5, 0.6) is 0 Å². The maximum absolute atomic E-state index is 15.2. The van der Waals surface area contributed by atoms with Crippen LogP contribution in [0.4, 0.5) is 4.39 Å². The van der Waals surface area contributed by atoms with Gasteiger partial charge < -0.3 is 10.1 Å². The molecule has 0 aromatic carbocycles. The Kier molecular flexibility index (Phi) is 4.30.